The molecule has 102 valence electrons. The molecule has 0 bridgehead atoms. The van der Waals surface area contributed by atoms with Crippen LogP contribution in [0.25, 0.3) is 0 Å². The van der Waals surface area contributed by atoms with Gasteiger partial charge >= 0.3 is 0 Å². The quantitative estimate of drug-likeness (QED) is 0.843. The van der Waals surface area contributed by atoms with Crippen LogP contribution < -0.4 is 10.5 Å². The minimum Gasteiger partial charge on any atom is -0.398 e. The Hall–Kier alpha value is -1.44. The van der Waals surface area contributed by atoms with Crippen molar-refractivity contribution in [3.8, 4) is 0 Å². The van der Waals surface area contributed by atoms with Crippen LogP contribution in [0.2, 0.25) is 0 Å². The summed E-state index contributed by atoms with van der Waals surface area (Å²) in [5.41, 5.74) is 7.67. The molecule has 2 aromatic rings. The molecule has 1 aromatic heterocycles. The van der Waals surface area contributed by atoms with Crippen LogP contribution in [0.5, 0.6) is 0 Å². The van der Waals surface area contributed by atoms with E-state index in [4.69, 9.17) is 5.73 Å². The SMILES string of the molecule is Cc1cc(N)c(C)c(S(=O)(=O)NCc2nccs2)c1. The molecule has 0 unspecified atom stereocenters. The molecule has 0 amide bonds. The summed E-state index contributed by atoms with van der Waals surface area (Å²) in [5, 5.41) is 2.53. The first-order valence-corrected chi connectivity index (χ1v) is 8.01. The fourth-order valence-corrected chi connectivity index (χ4v) is 3.70. The molecule has 0 saturated heterocycles. The second-order valence-electron chi connectivity index (χ2n) is 4.23. The fraction of sp³-hybridized carbons (Fsp3) is 0.250. The minimum atomic E-state index is -3.58. The second kappa shape index (κ2) is 5.28. The van der Waals surface area contributed by atoms with E-state index in [1.807, 2.05) is 6.92 Å². The van der Waals surface area contributed by atoms with Crippen LogP contribution in [0, 0.1) is 13.8 Å². The van der Waals surface area contributed by atoms with E-state index in [1.165, 1.54) is 11.3 Å². The Morgan fingerprint density at radius 3 is 2.74 bits per heavy atom. The number of aromatic nitrogens is 1. The van der Waals surface area contributed by atoms with E-state index in [9.17, 15) is 8.42 Å². The summed E-state index contributed by atoms with van der Waals surface area (Å²) in [6.45, 7) is 3.70. The average Bonchev–Trinajstić information content (AvgIpc) is 2.84. The largest absolute Gasteiger partial charge is 0.398 e. The molecule has 7 heteroatoms. The Kier molecular flexibility index (Phi) is 3.88. The van der Waals surface area contributed by atoms with Gasteiger partial charge in [0.1, 0.15) is 5.01 Å². The Balaban J connectivity index is 2.29. The Labute approximate surface area is 116 Å². The maximum absolute atomic E-state index is 12.3. The van der Waals surface area contributed by atoms with Gasteiger partial charge in [-0.3, -0.25) is 0 Å². The van der Waals surface area contributed by atoms with Crippen LogP contribution in [0.15, 0.2) is 28.6 Å². The van der Waals surface area contributed by atoms with Crippen molar-refractivity contribution in [3.05, 3.63) is 39.8 Å². The predicted molar refractivity (Wildman–Crippen MR) is 76.5 cm³/mol. The molecule has 0 atom stereocenters. The van der Waals surface area contributed by atoms with E-state index in [-0.39, 0.29) is 11.4 Å². The van der Waals surface area contributed by atoms with Gasteiger partial charge in [-0.05, 0) is 37.1 Å². The monoisotopic (exact) mass is 297 g/mol. The summed E-state index contributed by atoms with van der Waals surface area (Å²) in [6, 6.07) is 3.38. The normalized spacial score (nSPS) is 11.7. The molecule has 1 aromatic carbocycles. The van der Waals surface area contributed by atoms with Crippen LogP contribution in [0.1, 0.15) is 16.1 Å². The van der Waals surface area contributed by atoms with Gasteiger partial charge in [0.2, 0.25) is 10.0 Å². The maximum Gasteiger partial charge on any atom is 0.241 e. The molecular weight excluding hydrogens is 282 g/mol. The number of sulfonamides is 1. The third-order valence-corrected chi connectivity index (χ3v) is 5.04. The van der Waals surface area contributed by atoms with Gasteiger partial charge in [-0.25, -0.2) is 18.1 Å². The standard InChI is InChI=1S/C12H15N3O2S2/c1-8-5-10(13)9(2)11(6-8)19(16,17)15-7-12-14-3-4-18-12/h3-6,15H,7,13H2,1-2H3. The summed E-state index contributed by atoms with van der Waals surface area (Å²) in [7, 11) is -3.58. The molecule has 3 N–H and O–H groups in total. The number of aryl methyl sites for hydroxylation is 1. The average molecular weight is 297 g/mol. The lowest BCUT2D eigenvalue weighted by Gasteiger charge is -2.11. The molecule has 0 aliphatic rings. The third-order valence-electron chi connectivity index (χ3n) is 2.73. The van der Waals surface area contributed by atoms with Crippen molar-refractivity contribution >= 4 is 27.0 Å². The van der Waals surface area contributed by atoms with E-state index in [1.54, 1.807) is 30.6 Å². The summed E-state index contributed by atoms with van der Waals surface area (Å²) in [4.78, 5) is 4.26. The van der Waals surface area contributed by atoms with Crippen molar-refractivity contribution in [1.82, 2.24) is 9.71 Å². The Morgan fingerprint density at radius 1 is 1.37 bits per heavy atom. The van der Waals surface area contributed by atoms with Crippen molar-refractivity contribution in [2.75, 3.05) is 5.73 Å². The summed E-state index contributed by atoms with van der Waals surface area (Å²) in [5.74, 6) is 0. The Bertz CT molecular complexity index is 679. The maximum atomic E-state index is 12.3. The van der Waals surface area contributed by atoms with E-state index in [0.717, 1.165) is 10.6 Å². The van der Waals surface area contributed by atoms with Crippen molar-refractivity contribution in [2.45, 2.75) is 25.3 Å². The number of nitrogens with zero attached hydrogens (tertiary/aromatic N) is 1. The lowest BCUT2D eigenvalue weighted by Crippen LogP contribution is -2.24. The molecule has 0 saturated carbocycles. The zero-order valence-corrected chi connectivity index (χ0v) is 12.3. The van der Waals surface area contributed by atoms with Gasteiger partial charge < -0.3 is 5.73 Å². The number of anilines is 1. The Morgan fingerprint density at radius 2 is 2.11 bits per heavy atom. The van der Waals surface area contributed by atoms with Gasteiger partial charge in [0.15, 0.2) is 0 Å². The van der Waals surface area contributed by atoms with Crippen LogP contribution >= 0.6 is 11.3 Å². The summed E-state index contributed by atoms with van der Waals surface area (Å²) < 4.78 is 27.1. The predicted octanol–water partition coefficient (Wildman–Crippen LogP) is 1.82. The van der Waals surface area contributed by atoms with Gasteiger partial charge in [-0.1, -0.05) is 0 Å². The second-order valence-corrected chi connectivity index (χ2v) is 6.94. The van der Waals surface area contributed by atoms with E-state index >= 15 is 0 Å². The summed E-state index contributed by atoms with van der Waals surface area (Å²) >= 11 is 1.41. The van der Waals surface area contributed by atoms with Gasteiger partial charge in [0.25, 0.3) is 0 Å². The first-order chi connectivity index (χ1) is 8.90. The van der Waals surface area contributed by atoms with Crippen LogP contribution in [0.3, 0.4) is 0 Å². The van der Waals surface area contributed by atoms with Crippen LogP contribution in [-0.4, -0.2) is 13.4 Å². The zero-order valence-electron chi connectivity index (χ0n) is 10.7. The highest BCUT2D eigenvalue weighted by atomic mass is 32.2. The van der Waals surface area contributed by atoms with E-state index < -0.39 is 10.0 Å². The number of nitrogens with one attached hydrogen (secondary N) is 1. The number of benzene rings is 1. The smallest absolute Gasteiger partial charge is 0.241 e. The minimum absolute atomic E-state index is 0.188. The van der Waals surface area contributed by atoms with E-state index in [2.05, 4.69) is 9.71 Å². The van der Waals surface area contributed by atoms with Gasteiger partial charge in [-0.2, -0.15) is 0 Å². The first-order valence-electron chi connectivity index (χ1n) is 5.65. The molecule has 0 aliphatic heterocycles. The van der Waals surface area contributed by atoms with Crippen molar-refractivity contribution in [2.24, 2.45) is 0 Å². The first kappa shape index (κ1) is 14.0. The molecule has 0 spiro atoms. The summed E-state index contributed by atoms with van der Waals surface area (Å²) in [6.07, 6.45) is 1.64. The number of hydrogen-bond donors (Lipinski definition) is 2. The topological polar surface area (TPSA) is 85.1 Å². The molecular formula is C12H15N3O2S2. The van der Waals surface area contributed by atoms with E-state index in [0.29, 0.717) is 11.3 Å². The zero-order chi connectivity index (χ0) is 14.0. The number of nitrogen functional groups attached to an aromatic ring is 1. The molecule has 5 nitrogen and oxygen atoms in total. The highest BCUT2D eigenvalue weighted by molar-refractivity contribution is 7.89. The molecule has 19 heavy (non-hydrogen) atoms. The van der Waals surface area contributed by atoms with Crippen molar-refractivity contribution < 1.29 is 8.42 Å². The van der Waals surface area contributed by atoms with Gasteiger partial charge in [0.05, 0.1) is 11.4 Å². The third kappa shape index (κ3) is 3.12. The highest BCUT2D eigenvalue weighted by Gasteiger charge is 2.18. The van der Waals surface area contributed by atoms with Gasteiger partial charge in [0, 0.05) is 17.3 Å². The molecule has 0 aliphatic carbocycles. The van der Waals surface area contributed by atoms with Gasteiger partial charge in [-0.15, -0.1) is 11.3 Å². The fourth-order valence-electron chi connectivity index (χ4n) is 1.71. The lowest BCUT2D eigenvalue weighted by molar-refractivity contribution is 0.580. The number of rotatable bonds is 4. The van der Waals surface area contributed by atoms with Crippen molar-refractivity contribution in [3.63, 3.8) is 0 Å². The highest BCUT2D eigenvalue weighted by Crippen LogP contribution is 2.23. The molecule has 1 heterocycles. The molecule has 2 rings (SSSR count). The lowest BCUT2D eigenvalue weighted by atomic mass is 10.1. The number of thiazole rings is 1. The molecule has 0 radical (unpaired) electrons. The molecule has 0 fully saturated rings. The number of nitrogens with two attached hydrogens (primary N) is 1. The van der Waals surface area contributed by atoms with Crippen LogP contribution in [0.4, 0.5) is 5.69 Å². The number of hydrogen-bond acceptors (Lipinski definition) is 5. The van der Waals surface area contributed by atoms with Crippen LogP contribution in [-0.2, 0) is 16.6 Å². The van der Waals surface area contributed by atoms with Crippen molar-refractivity contribution in [1.29, 1.82) is 0 Å².